The van der Waals surface area contributed by atoms with Crippen LogP contribution in [0.4, 0.5) is 11.4 Å². The predicted molar refractivity (Wildman–Crippen MR) is 122 cm³/mol. The van der Waals surface area contributed by atoms with Crippen molar-refractivity contribution in [3.63, 3.8) is 0 Å². The molecule has 1 aromatic carbocycles. The van der Waals surface area contributed by atoms with Crippen LogP contribution in [0, 0.1) is 6.92 Å². The Balaban J connectivity index is 1.78. The number of nitrogens with zero attached hydrogens (tertiary/aromatic N) is 3. The van der Waals surface area contributed by atoms with Crippen molar-refractivity contribution in [1.82, 2.24) is 14.9 Å². The molecule has 1 N–H and O–H groups in total. The number of likely N-dealkylation sites (tertiary alicyclic amines) is 1. The van der Waals surface area contributed by atoms with E-state index in [4.69, 9.17) is 0 Å². The van der Waals surface area contributed by atoms with E-state index in [9.17, 15) is 4.79 Å². The van der Waals surface area contributed by atoms with Gasteiger partial charge in [0.2, 0.25) is 0 Å². The van der Waals surface area contributed by atoms with Crippen LogP contribution in [0.2, 0.25) is 0 Å². The first-order valence-electron chi connectivity index (χ1n) is 10.9. The monoisotopic (exact) mass is 402 g/mol. The number of hydrogen-bond acceptors (Lipinski definition) is 4. The number of aryl methyl sites for hydroxylation is 1. The van der Waals surface area contributed by atoms with Crippen LogP contribution in [-0.2, 0) is 0 Å². The number of aromatic nitrogens is 2. The van der Waals surface area contributed by atoms with Crippen molar-refractivity contribution in [3.05, 3.63) is 59.4 Å². The number of piperidine rings is 1. The largest absolute Gasteiger partial charge is 0.354 e. The SMILES string of the molecule is Cc1ccc2c(Nc3ccc(C(C)C)cc3)c(C(=O)N3CCCC[C@@H]3C)cnc2n1. The van der Waals surface area contributed by atoms with Crippen molar-refractivity contribution >= 4 is 28.3 Å². The second-order valence-electron chi connectivity index (χ2n) is 8.62. The normalized spacial score (nSPS) is 16.8. The first-order chi connectivity index (χ1) is 14.4. The smallest absolute Gasteiger partial charge is 0.257 e. The van der Waals surface area contributed by atoms with Crippen molar-refractivity contribution in [2.75, 3.05) is 11.9 Å². The molecule has 0 bridgehead atoms. The number of carbonyl (C=O) groups excluding carboxylic acids is 1. The first kappa shape index (κ1) is 20.3. The van der Waals surface area contributed by atoms with Gasteiger partial charge in [-0.15, -0.1) is 0 Å². The molecule has 0 aliphatic carbocycles. The standard InChI is InChI=1S/C25H30N4O/c1-16(2)19-9-11-20(12-10-19)28-23-21-13-8-17(3)27-24(21)26-15-22(23)25(30)29-14-6-5-7-18(29)4/h8-13,15-16,18H,5-7,14H2,1-4H3,(H,26,27,28)/t18-/m0/s1. The van der Waals surface area contributed by atoms with Crippen molar-refractivity contribution in [3.8, 4) is 0 Å². The van der Waals surface area contributed by atoms with E-state index in [1.54, 1.807) is 6.20 Å². The van der Waals surface area contributed by atoms with Gasteiger partial charge in [-0.1, -0.05) is 26.0 Å². The summed E-state index contributed by atoms with van der Waals surface area (Å²) in [4.78, 5) is 24.6. The molecule has 30 heavy (non-hydrogen) atoms. The number of carbonyl (C=O) groups is 1. The van der Waals surface area contributed by atoms with Gasteiger partial charge in [0.25, 0.3) is 5.91 Å². The van der Waals surface area contributed by atoms with Gasteiger partial charge >= 0.3 is 0 Å². The van der Waals surface area contributed by atoms with E-state index in [-0.39, 0.29) is 11.9 Å². The zero-order valence-electron chi connectivity index (χ0n) is 18.3. The number of amides is 1. The van der Waals surface area contributed by atoms with Crippen LogP contribution in [0.3, 0.4) is 0 Å². The van der Waals surface area contributed by atoms with E-state index >= 15 is 0 Å². The van der Waals surface area contributed by atoms with Gasteiger partial charge < -0.3 is 10.2 Å². The Morgan fingerprint density at radius 3 is 2.60 bits per heavy atom. The first-order valence-corrected chi connectivity index (χ1v) is 10.9. The summed E-state index contributed by atoms with van der Waals surface area (Å²) in [5.74, 6) is 0.518. The van der Waals surface area contributed by atoms with Gasteiger partial charge in [0, 0.05) is 35.6 Å². The lowest BCUT2D eigenvalue weighted by Gasteiger charge is -2.34. The maximum absolute atomic E-state index is 13.5. The van der Waals surface area contributed by atoms with E-state index < -0.39 is 0 Å². The van der Waals surface area contributed by atoms with Crippen molar-refractivity contribution in [1.29, 1.82) is 0 Å². The average molecular weight is 403 g/mol. The fourth-order valence-electron chi connectivity index (χ4n) is 4.12. The van der Waals surface area contributed by atoms with Gasteiger partial charge in [-0.3, -0.25) is 4.79 Å². The van der Waals surface area contributed by atoms with Crippen LogP contribution in [0.25, 0.3) is 11.0 Å². The summed E-state index contributed by atoms with van der Waals surface area (Å²) in [6.45, 7) is 9.25. The molecule has 1 aliphatic rings. The minimum atomic E-state index is 0.0403. The van der Waals surface area contributed by atoms with E-state index in [0.717, 1.165) is 41.8 Å². The molecular formula is C25H30N4O. The average Bonchev–Trinajstić information content (AvgIpc) is 2.74. The fraction of sp³-hybridized carbons (Fsp3) is 0.400. The second-order valence-corrected chi connectivity index (χ2v) is 8.62. The number of hydrogen-bond donors (Lipinski definition) is 1. The van der Waals surface area contributed by atoms with Crippen LogP contribution in [0.15, 0.2) is 42.6 Å². The molecule has 4 rings (SSSR count). The lowest BCUT2D eigenvalue weighted by atomic mass is 10.0. The van der Waals surface area contributed by atoms with Gasteiger partial charge in [0.05, 0.1) is 11.3 Å². The van der Waals surface area contributed by atoms with Gasteiger partial charge in [-0.25, -0.2) is 9.97 Å². The maximum Gasteiger partial charge on any atom is 0.257 e. The number of fused-ring (bicyclic) bond motifs is 1. The maximum atomic E-state index is 13.5. The summed E-state index contributed by atoms with van der Waals surface area (Å²) < 4.78 is 0. The van der Waals surface area contributed by atoms with Crippen molar-refractivity contribution in [2.24, 2.45) is 0 Å². The Morgan fingerprint density at radius 1 is 1.13 bits per heavy atom. The quantitative estimate of drug-likeness (QED) is 0.597. The van der Waals surface area contributed by atoms with E-state index in [0.29, 0.717) is 17.1 Å². The summed E-state index contributed by atoms with van der Waals surface area (Å²) in [6, 6.07) is 12.6. The summed E-state index contributed by atoms with van der Waals surface area (Å²) in [6.07, 6.45) is 4.96. The van der Waals surface area contributed by atoms with Crippen LogP contribution in [0.5, 0.6) is 0 Å². The Hall–Kier alpha value is -2.95. The molecule has 3 aromatic rings. The summed E-state index contributed by atoms with van der Waals surface area (Å²) in [5, 5.41) is 4.37. The molecule has 0 saturated carbocycles. The highest BCUT2D eigenvalue weighted by molar-refractivity contribution is 6.07. The number of nitrogens with one attached hydrogen (secondary N) is 1. The Labute approximate surface area is 178 Å². The zero-order chi connectivity index (χ0) is 21.3. The van der Waals surface area contributed by atoms with Gasteiger partial charge in [0.1, 0.15) is 0 Å². The topological polar surface area (TPSA) is 58.1 Å². The molecule has 5 heteroatoms. The molecule has 0 spiro atoms. The van der Waals surface area contributed by atoms with Crippen LogP contribution in [-0.4, -0.2) is 33.4 Å². The van der Waals surface area contributed by atoms with Gasteiger partial charge in [-0.05, 0) is 68.9 Å². The van der Waals surface area contributed by atoms with Crippen molar-refractivity contribution < 1.29 is 4.79 Å². The molecule has 1 atom stereocenters. The Morgan fingerprint density at radius 2 is 1.90 bits per heavy atom. The molecule has 2 aromatic heterocycles. The van der Waals surface area contributed by atoms with Crippen LogP contribution < -0.4 is 5.32 Å². The third kappa shape index (κ3) is 4.02. The Kier molecular flexibility index (Phi) is 5.71. The molecule has 156 valence electrons. The van der Waals surface area contributed by atoms with Crippen LogP contribution in [0.1, 0.15) is 67.6 Å². The predicted octanol–water partition coefficient (Wildman–Crippen LogP) is 5.82. The highest BCUT2D eigenvalue weighted by Gasteiger charge is 2.27. The molecular weight excluding hydrogens is 372 g/mol. The second kappa shape index (κ2) is 8.42. The molecule has 3 heterocycles. The Bertz CT molecular complexity index is 1060. The minimum Gasteiger partial charge on any atom is -0.354 e. The lowest BCUT2D eigenvalue weighted by molar-refractivity contribution is 0.0636. The van der Waals surface area contributed by atoms with Crippen molar-refractivity contribution in [2.45, 2.75) is 58.9 Å². The van der Waals surface area contributed by atoms with Crippen LogP contribution >= 0.6 is 0 Å². The van der Waals surface area contributed by atoms with E-state index in [2.05, 4.69) is 60.3 Å². The van der Waals surface area contributed by atoms with Gasteiger partial charge in [-0.2, -0.15) is 0 Å². The van der Waals surface area contributed by atoms with E-state index in [1.165, 1.54) is 12.0 Å². The third-order valence-corrected chi connectivity index (χ3v) is 6.01. The fourth-order valence-corrected chi connectivity index (χ4v) is 4.12. The summed E-state index contributed by atoms with van der Waals surface area (Å²) in [5.41, 5.74) is 5.19. The number of benzene rings is 1. The highest BCUT2D eigenvalue weighted by Crippen LogP contribution is 2.31. The number of anilines is 2. The molecule has 0 unspecified atom stereocenters. The minimum absolute atomic E-state index is 0.0403. The summed E-state index contributed by atoms with van der Waals surface area (Å²) in [7, 11) is 0. The van der Waals surface area contributed by atoms with Gasteiger partial charge in [0.15, 0.2) is 5.65 Å². The summed E-state index contributed by atoms with van der Waals surface area (Å²) >= 11 is 0. The molecule has 5 nitrogen and oxygen atoms in total. The zero-order valence-corrected chi connectivity index (χ0v) is 18.3. The molecule has 0 radical (unpaired) electrons. The van der Waals surface area contributed by atoms with E-state index in [1.807, 2.05) is 24.0 Å². The number of rotatable bonds is 4. The molecule has 1 fully saturated rings. The molecule has 1 aliphatic heterocycles. The highest BCUT2D eigenvalue weighted by atomic mass is 16.2. The lowest BCUT2D eigenvalue weighted by Crippen LogP contribution is -2.42. The third-order valence-electron chi connectivity index (χ3n) is 6.01. The molecule has 1 amide bonds. The number of pyridine rings is 2. The molecule has 1 saturated heterocycles.